The summed E-state index contributed by atoms with van der Waals surface area (Å²) in [7, 11) is 1.59. The molecular weight excluding hydrogens is 487 g/mol. The molecule has 1 saturated carbocycles. The lowest BCUT2D eigenvalue weighted by Gasteiger charge is -2.10. The Kier molecular flexibility index (Phi) is 5.05. The summed E-state index contributed by atoms with van der Waals surface area (Å²) in [6.45, 7) is -0.503. The van der Waals surface area contributed by atoms with Crippen molar-refractivity contribution in [1.82, 2.24) is 10.2 Å². The van der Waals surface area contributed by atoms with Crippen LogP contribution in [0.3, 0.4) is 0 Å². The third-order valence-electron chi connectivity index (χ3n) is 7.11. The first kappa shape index (κ1) is 23.1. The van der Waals surface area contributed by atoms with E-state index in [1.807, 2.05) is 36.4 Å². The largest absolute Gasteiger partial charge is 0.497 e. The van der Waals surface area contributed by atoms with Crippen molar-refractivity contribution >= 4 is 28.5 Å². The summed E-state index contributed by atoms with van der Waals surface area (Å²) in [6.07, 6.45) is -4.36. The highest BCUT2D eigenvalue weighted by Crippen LogP contribution is 2.65. The van der Waals surface area contributed by atoms with Gasteiger partial charge in [0.15, 0.2) is 0 Å². The van der Waals surface area contributed by atoms with Gasteiger partial charge in [-0.1, -0.05) is 30.3 Å². The van der Waals surface area contributed by atoms with Crippen molar-refractivity contribution in [3.05, 3.63) is 77.4 Å². The second-order valence-corrected chi connectivity index (χ2v) is 9.25. The van der Waals surface area contributed by atoms with Crippen LogP contribution in [0.5, 0.6) is 5.75 Å². The van der Waals surface area contributed by atoms with Crippen molar-refractivity contribution in [3.8, 4) is 17.0 Å². The Balaban J connectivity index is 1.27. The van der Waals surface area contributed by atoms with Crippen LogP contribution < -0.4 is 10.1 Å². The van der Waals surface area contributed by atoms with Crippen LogP contribution in [0.4, 0.5) is 18.9 Å². The minimum absolute atomic E-state index is 0.00338. The van der Waals surface area contributed by atoms with Crippen LogP contribution in [0.2, 0.25) is 0 Å². The first-order chi connectivity index (χ1) is 17.7. The molecule has 10 heteroatoms. The van der Waals surface area contributed by atoms with Crippen molar-refractivity contribution < 1.29 is 32.2 Å². The van der Waals surface area contributed by atoms with E-state index in [-0.39, 0.29) is 11.8 Å². The average molecular weight is 507 g/mol. The molecule has 3 aromatic carbocycles. The Morgan fingerprint density at radius 3 is 2.76 bits per heavy atom. The monoisotopic (exact) mass is 507 g/mol. The summed E-state index contributed by atoms with van der Waals surface area (Å²) in [5.41, 5.74) is 4.58. The summed E-state index contributed by atoms with van der Waals surface area (Å²) in [4.78, 5) is 24.0. The van der Waals surface area contributed by atoms with E-state index >= 15 is 0 Å². The van der Waals surface area contributed by atoms with Gasteiger partial charge in [-0.15, -0.1) is 0 Å². The van der Waals surface area contributed by atoms with E-state index in [4.69, 9.17) is 4.74 Å². The van der Waals surface area contributed by atoms with Crippen LogP contribution in [-0.2, 0) is 26.3 Å². The zero-order chi connectivity index (χ0) is 25.9. The third kappa shape index (κ3) is 3.71. The third-order valence-corrected chi connectivity index (χ3v) is 7.11. The molecule has 4 aromatic rings. The number of esters is 1. The van der Waals surface area contributed by atoms with Gasteiger partial charge >= 0.3 is 12.1 Å². The Morgan fingerprint density at radius 1 is 1.14 bits per heavy atom. The van der Waals surface area contributed by atoms with E-state index < -0.39 is 24.2 Å². The lowest BCUT2D eigenvalue weighted by molar-refractivity contribution is -0.201. The molecule has 2 heterocycles. The lowest BCUT2D eigenvalue weighted by Crippen LogP contribution is -2.25. The molecule has 7 nitrogen and oxygen atoms in total. The predicted octanol–water partition coefficient (Wildman–Crippen LogP) is 5.22. The van der Waals surface area contributed by atoms with Crippen LogP contribution in [0, 0.1) is 0 Å². The molecule has 1 aliphatic heterocycles. The predicted molar refractivity (Wildman–Crippen MR) is 128 cm³/mol. The molecule has 1 aromatic heterocycles. The Hall–Kier alpha value is -4.34. The van der Waals surface area contributed by atoms with Crippen LogP contribution in [-0.4, -0.2) is 35.4 Å². The molecule has 0 saturated heterocycles. The molecule has 1 spiro atoms. The number of carbonyl (C=O) groups is 2. The number of amides is 1. The number of H-pyrrole nitrogens is 1. The number of nitrogens with one attached hydrogen (secondary N) is 2. The van der Waals surface area contributed by atoms with Gasteiger partial charge in [-0.05, 0) is 53.4 Å². The minimum atomic E-state index is -5.04. The molecular formula is C27H20F3N3O4. The summed E-state index contributed by atoms with van der Waals surface area (Å²) in [5, 5.41) is 11.2. The summed E-state index contributed by atoms with van der Waals surface area (Å²) in [5.74, 6) is -1.55. The molecule has 1 amide bonds. The van der Waals surface area contributed by atoms with Crippen molar-refractivity contribution in [3.63, 3.8) is 0 Å². The fraction of sp³-hybridized carbons (Fsp3) is 0.222. The van der Waals surface area contributed by atoms with E-state index in [0.29, 0.717) is 29.0 Å². The van der Waals surface area contributed by atoms with E-state index in [9.17, 15) is 22.8 Å². The topological polar surface area (TPSA) is 93.3 Å². The normalized spacial score (nSPS) is 20.1. The second-order valence-electron chi connectivity index (χ2n) is 9.25. The number of fused-ring (bicyclic) bond motifs is 3. The van der Waals surface area contributed by atoms with Crippen molar-refractivity contribution in [2.75, 3.05) is 12.4 Å². The fourth-order valence-corrected chi connectivity index (χ4v) is 5.21. The molecule has 37 heavy (non-hydrogen) atoms. The van der Waals surface area contributed by atoms with Gasteiger partial charge in [0.05, 0.1) is 23.7 Å². The maximum absolute atomic E-state index is 13.0. The van der Waals surface area contributed by atoms with E-state index in [0.717, 1.165) is 27.7 Å². The van der Waals surface area contributed by atoms with E-state index in [1.165, 1.54) is 0 Å². The molecule has 1 aliphatic carbocycles. The molecule has 2 atom stereocenters. The van der Waals surface area contributed by atoms with Crippen LogP contribution >= 0.6 is 0 Å². The number of halogens is 3. The molecule has 2 N–H and O–H groups in total. The minimum Gasteiger partial charge on any atom is -0.497 e. The average Bonchev–Trinajstić information content (AvgIpc) is 3.41. The molecule has 188 valence electrons. The summed E-state index contributed by atoms with van der Waals surface area (Å²) in [6, 6.07) is 18.1. The SMILES string of the molecule is COc1ccc2c(c1)[C@]1(C[C@H]1c1ccc3c(-c4cccc(COC(=O)C(F)(F)F)c4)n[nH]c3c1)C(=O)N2. The maximum atomic E-state index is 13.0. The molecule has 0 unspecified atom stereocenters. The first-order valence-electron chi connectivity index (χ1n) is 11.5. The Morgan fingerprint density at radius 2 is 1.97 bits per heavy atom. The molecule has 6 rings (SSSR count). The number of benzene rings is 3. The van der Waals surface area contributed by atoms with E-state index in [1.54, 1.807) is 31.4 Å². The van der Waals surface area contributed by atoms with Gasteiger partial charge in [0.2, 0.25) is 5.91 Å². The van der Waals surface area contributed by atoms with E-state index in [2.05, 4.69) is 20.3 Å². The number of hydrogen-bond acceptors (Lipinski definition) is 5. The fourth-order valence-electron chi connectivity index (χ4n) is 5.21. The molecule has 2 aliphatic rings. The zero-order valence-electron chi connectivity index (χ0n) is 19.5. The number of alkyl halides is 3. The quantitative estimate of drug-likeness (QED) is 0.361. The highest BCUT2D eigenvalue weighted by Gasteiger charge is 2.65. The highest BCUT2D eigenvalue weighted by molar-refractivity contribution is 6.10. The first-order valence-corrected chi connectivity index (χ1v) is 11.5. The number of nitrogens with zero attached hydrogens (tertiary/aromatic N) is 1. The van der Waals surface area contributed by atoms with Crippen LogP contribution in [0.15, 0.2) is 60.7 Å². The standard InChI is InChI=1S/C27H20F3N3O4/c1-36-17-6-8-21-19(11-17)26(24(34)31-21)12-20(26)15-5-7-18-22(10-15)32-33-23(18)16-4-2-3-14(9-16)13-37-25(35)27(28,29)30/h2-11,20H,12-13H2,1H3,(H,31,34)(H,32,33)/t20-,26-/m0/s1. The smallest absolute Gasteiger partial charge is 0.490 e. The number of ether oxygens (including phenoxy) is 2. The molecule has 0 bridgehead atoms. The Bertz CT molecular complexity index is 1580. The van der Waals surface area contributed by atoms with Gasteiger partial charge in [-0.3, -0.25) is 9.89 Å². The number of carbonyl (C=O) groups excluding carboxylic acids is 2. The Labute approximate surface area is 208 Å². The second kappa shape index (κ2) is 8.09. The van der Waals surface area contributed by atoms with Gasteiger partial charge in [0, 0.05) is 22.6 Å². The van der Waals surface area contributed by atoms with Crippen LogP contribution in [0.1, 0.15) is 29.0 Å². The lowest BCUT2D eigenvalue weighted by atomic mass is 9.91. The maximum Gasteiger partial charge on any atom is 0.490 e. The number of hydrogen-bond donors (Lipinski definition) is 2. The van der Waals surface area contributed by atoms with Gasteiger partial charge in [-0.2, -0.15) is 18.3 Å². The summed E-state index contributed by atoms with van der Waals surface area (Å²) < 4.78 is 47.0. The van der Waals surface area contributed by atoms with Crippen LogP contribution in [0.25, 0.3) is 22.2 Å². The van der Waals surface area contributed by atoms with Gasteiger partial charge < -0.3 is 14.8 Å². The van der Waals surface area contributed by atoms with Crippen molar-refractivity contribution in [2.45, 2.75) is 30.5 Å². The number of aromatic amines is 1. The number of anilines is 1. The molecule has 0 radical (unpaired) electrons. The van der Waals surface area contributed by atoms with Crippen molar-refractivity contribution in [2.24, 2.45) is 0 Å². The molecule has 1 fully saturated rings. The van der Waals surface area contributed by atoms with Gasteiger partial charge in [0.1, 0.15) is 12.4 Å². The zero-order valence-corrected chi connectivity index (χ0v) is 19.5. The summed E-state index contributed by atoms with van der Waals surface area (Å²) >= 11 is 0. The highest BCUT2D eigenvalue weighted by atomic mass is 19.4. The number of aromatic nitrogens is 2. The number of rotatable bonds is 5. The van der Waals surface area contributed by atoms with Gasteiger partial charge in [0.25, 0.3) is 0 Å². The van der Waals surface area contributed by atoms with Crippen molar-refractivity contribution in [1.29, 1.82) is 0 Å². The van der Waals surface area contributed by atoms with Gasteiger partial charge in [-0.25, -0.2) is 4.79 Å². The number of methoxy groups -OCH3 is 1.